The predicted octanol–water partition coefficient (Wildman–Crippen LogP) is 2.45. The van der Waals surface area contributed by atoms with Gasteiger partial charge in [-0.1, -0.05) is 6.92 Å². The van der Waals surface area contributed by atoms with Crippen LogP contribution in [-0.4, -0.2) is 65.1 Å². The Labute approximate surface area is 190 Å². The number of sulfonamides is 1. The standard InChI is InChI=1S/C23H32N4O4S/c1-5-26-12-14-27(15-13-26)19-6-11-22(17(2)16-19)24-23(28)18(3)25-32(29,30)21-9-7-20(31-4)8-10-21/h6-11,16,18,25H,5,12-15H2,1-4H3,(H,24,28)/t18-/m0/s1. The zero-order chi connectivity index (χ0) is 23.3. The summed E-state index contributed by atoms with van der Waals surface area (Å²) in [7, 11) is -2.33. The zero-order valence-corrected chi connectivity index (χ0v) is 19.9. The van der Waals surface area contributed by atoms with Crippen molar-refractivity contribution in [2.75, 3.05) is 50.1 Å². The molecule has 2 aromatic rings. The van der Waals surface area contributed by atoms with Gasteiger partial charge in [0.1, 0.15) is 5.75 Å². The second kappa shape index (κ2) is 10.3. The lowest BCUT2D eigenvalue weighted by Gasteiger charge is -2.35. The highest BCUT2D eigenvalue weighted by Crippen LogP contribution is 2.24. The Morgan fingerprint density at radius 2 is 1.75 bits per heavy atom. The number of nitrogens with zero attached hydrogens (tertiary/aromatic N) is 2. The molecule has 1 saturated heterocycles. The van der Waals surface area contributed by atoms with Gasteiger partial charge in [-0.3, -0.25) is 4.79 Å². The number of carbonyl (C=O) groups is 1. The maximum absolute atomic E-state index is 12.7. The maximum Gasteiger partial charge on any atom is 0.242 e. The fourth-order valence-corrected chi connectivity index (χ4v) is 4.86. The van der Waals surface area contributed by atoms with Crippen molar-refractivity contribution in [2.24, 2.45) is 0 Å². The van der Waals surface area contributed by atoms with E-state index < -0.39 is 22.0 Å². The van der Waals surface area contributed by atoms with E-state index in [2.05, 4.69) is 32.8 Å². The van der Waals surface area contributed by atoms with Crippen molar-refractivity contribution in [1.82, 2.24) is 9.62 Å². The Balaban J connectivity index is 1.62. The van der Waals surface area contributed by atoms with Gasteiger partial charge in [-0.25, -0.2) is 8.42 Å². The summed E-state index contributed by atoms with van der Waals surface area (Å²) >= 11 is 0. The van der Waals surface area contributed by atoms with Crippen LogP contribution in [0, 0.1) is 6.92 Å². The largest absolute Gasteiger partial charge is 0.497 e. The molecule has 174 valence electrons. The van der Waals surface area contributed by atoms with Crippen molar-refractivity contribution in [3.05, 3.63) is 48.0 Å². The maximum atomic E-state index is 12.7. The molecule has 9 heteroatoms. The first-order valence-corrected chi connectivity index (χ1v) is 12.3. The van der Waals surface area contributed by atoms with E-state index in [1.54, 1.807) is 12.1 Å². The van der Waals surface area contributed by atoms with Crippen LogP contribution in [0.2, 0.25) is 0 Å². The molecule has 0 spiro atoms. The molecule has 0 bridgehead atoms. The SMILES string of the molecule is CCN1CCN(c2ccc(NC(=O)[C@H](C)NS(=O)(=O)c3ccc(OC)cc3)c(C)c2)CC1. The van der Waals surface area contributed by atoms with E-state index in [0.717, 1.165) is 44.0 Å². The molecule has 3 rings (SSSR count). The Morgan fingerprint density at radius 3 is 2.31 bits per heavy atom. The van der Waals surface area contributed by atoms with E-state index in [1.165, 1.54) is 26.2 Å². The van der Waals surface area contributed by atoms with Gasteiger partial charge in [-0.05, 0) is 68.4 Å². The van der Waals surface area contributed by atoms with Crippen molar-refractivity contribution in [1.29, 1.82) is 0 Å². The molecule has 1 aliphatic rings. The van der Waals surface area contributed by atoms with Gasteiger partial charge in [-0.15, -0.1) is 0 Å². The number of benzene rings is 2. The lowest BCUT2D eigenvalue weighted by Crippen LogP contribution is -2.46. The summed E-state index contributed by atoms with van der Waals surface area (Å²) in [4.78, 5) is 17.5. The summed E-state index contributed by atoms with van der Waals surface area (Å²) in [5.74, 6) is 0.135. The van der Waals surface area contributed by atoms with Gasteiger partial charge in [-0.2, -0.15) is 4.72 Å². The number of hydrogen-bond donors (Lipinski definition) is 2. The van der Waals surface area contributed by atoms with Crippen molar-refractivity contribution < 1.29 is 17.9 Å². The van der Waals surface area contributed by atoms with E-state index in [9.17, 15) is 13.2 Å². The number of methoxy groups -OCH3 is 1. The van der Waals surface area contributed by atoms with Gasteiger partial charge in [0.15, 0.2) is 0 Å². The van der Waals surface area contributed by atoms with Crippen LogP contribution in [0.1, 0.15) is 19.4 Å². The lowest BCUT2D eigenvalue weighted by molar-refractivity contribution is -0.117. The van der Waals surface area contributed by atoms with Crippen molar-refractivity contribution in [3.8, 4) is 5.75 Å². The number of ether oxygens (including phenoxy) is 1. The molecule has 1 heterocycles. The molecule has 1 atom stereocenters. The minimum absolute atomic E-state index is 0.0710. The summed E-state index contributed by atoms with van der Waals surface area (Å²) < 4.78 is 32.7. The van der Waals surface area contributed by atoms with Crippen LogP contribution in [-0.2, 0) is 14.8 Å². The molecule has 0 aliphatic carbocycles. The van der Waals surface area contributed by atoms with Gasteiger partial charge in [0, 0.05) is 37.6 Å². The first kappa shape index (κ1) is 24.0. The number of anilines is 2. The second-order valence-corrected chi connectivity index (χ2v) is 9.64. The van der Waals surface area contributed by atoms with Crippen molar-refractivity contribution >= 4 is 27.3 Å². The fraction of sp³-hybridized carbons (Fsp3) is 0.435. The summed E-state index contributed by atoms with van der Waals surface area (Å²) in [6.07, 6.45) is 0. The Bertz CT molecular complexity index is 1030. The molecule has 2 aromatic carbocycles. The topological polar surface area (TPSA) is 91.0 Å². The number of aryl methyl sites for hydroxylation is 1. The number of amides is 1. The molecule has 2 N–H and O–H groups in total. The van der Waals surface area contributed by atoms with E-state index in [0.29, 0.717) is 11.4 Å². The number of carbonyl (C=O) groups excluding carboxylic acids is 1. The minimum Gasteiger partial charge on any atom is -0.497 e. The summed E-state index contributed by atoms with van der Waals surface area (Å²) in [6.45, 7) is 10.7. The zero-order valence-electron chi connectivity index (χ0n) is 19.1. The van der Waals surface area contributed by atoms with Crippen LogP contribution in [0.3, 0.4) is 0 Å². The molecule has 8 nitrogen and oxygen atoms in total. The average molecular weight is 461 g/mol. The van der Waals surface area contributed by atoms with Crippen LogP contribution in [0.5, 0.6) is 5.75 Å². The van der Waals surface area contributed by atoms with Crippen molar-refractivity contribution in [3.63, 3.8) is 0 Å². The summed E-state index contributed by atoms with van der Waals surface area (Å²) in [5, 5.41) is 2.84. The van der Waals surface area contributed by atoms with Crippen LogP contribution >= 0.6 is 0 Å². The van der Waals surface area contributed by atoms with Crippen LogP contribution in [0.25, 0.3) is 0 Å². The predicted molar refractivity (Wildman–Crippen MR) is 127 cm³/mol. The van der Waals surface area contributed by atoms with Crippen molar-refractivity contribution in [2.45, 2.75) is 31.7 Å². The quantitative estimate of drug-likeness (QED) is 0.629. The van der Waals surface area contributed by atoms with Gasteiger partial charge >= 0.3 is 0 Å². The summed E-state index contributed by atoms with van der Waals surface area (Å²) in [5.41, 5.74) is 2.73. The minimum atomic E-state index is -3.84. The van der Waals surface area contributed by atoms with E-state index in [4.69, 9.17) is 4.74 Å². The average Bonchev–Trinajstić information content (AvgIpc) is 2.80. The molecule has 0 unspecified atom stereocenters. The van der Waals surface area contributed by atoms with Gasteiger partial charge in [0.25, 0.3) is 0 Å². The molecule has 0 aromatic heterocycles. The number of piperazine rings is 1. The van der Waals surface area contributed by atoms with Crippen LogP contribution in [0.15, 0.2) is 47.4 Å². The highest BCUT2D eigenvalue weighted by Gasteiger charge is 2.23. The highest BCUT2D eigenvalue weighted by atomic mass is 32.2. The molecule has 1 fully saturated rings. The summed E-state index contributed by atoms with van der Waals surface area (Å²) in [6, 6.07) is 11.0. The molecular formula is C23H32N4O4S. The molecule has 1 amide bonds. The van der Waals surface area contributed by atoms with Crippen LogP contribution in [0.4, 0.5) is 11.4 Å². The third kappa shape index (κ3) is 5.79. The molecule has 0 saturated carbocycles. The number of nitrogens with one attached hydrogen (secondary N) is 2. The van der Waals surface area contributed by atoms with Gasteiger partial charge in [0.2, 0.25) is 15.9 Å². The third-order valence-electron chi connectivity index (χ3n) is 5.75. The van der Waals surface area contributed by atoms with E-state index in [-0.39, 0.29) is 4.90 Å². The second-order valence-electron chi connectivity index (χ2n) is 7.93. The van der Waals surface area contributed by atoms with Crippen LogP contribution < -0.4 is 19.7 Å². The Hall–Kier alpha value is -2.62. The molecule has 32 heavy (non-hydrogen) atoms. The number of hydrogen-bond acceptors (Lipinski definition) is 6. The van der Waals surface area contributed by atoms with E-state index in [1.807, 2.05) is 19.1 Å². The Kier molecular flexibility index (Phi) is 7.76. The first-order valence-electron chi connectivity index (χ1n) is 10.8. The number of likely N-dealkylation sites (N-methyl/N-ethyl adjacent to an activating group) is 1. The molecule has 1 aliphatic heterocycles. The monoisotopic (exact) mass is 460 g/mol. The fourth-order valence-electron chi connectivity index (χ4n) is 3.66. The third-order valence-corrected chi connectivity index (χ3v) is 7.30. The van der Waals surface area contributed by atoms with Gasteiger partial charge in [0.05, 0.1) is 18.0 Å². The van der Waals surface area contributed by atoms with Gasteiger partial charge < -0.3 is 19.9 Å². The normalized spacial score (nSPS) is 15.9. The Morgan fingerprint density at radius 1 is 1.09 bits per heavy atom. The smallest absolute Gasteiger partial charge is 0.242 e. The molecular weight excluding hydrogens is 428 g/mol. The first-order chi connectivity index (χ1) is 15.2. The highest BCUT2D eigenvalue weighted by molar-refractivity contribution is 7.89. The number of rotatable bonds is 8. The molecule has 0 radical (unpaired) electrons. The van der Waals surface area contributed by atoms with E-state index >= 15 is 0 Å². The lowest BCUT2D eigenvalue weighted by atomic mass is 10.1.